The summed E-state index contributed by atoms with van der Waals surface area (Å²) in [5.74, 6) is 1.78. The van der Waals surface area contributed by atoms with Gasteiger partial charge in [-0.15, -0.1) is 0 Å². The third-order valence-corrected chi connectivity index (χ3v) is 3.59. The normalized spacial score (nSPS) is 39.6. The Balaban J connectivity index is 2.04. The molecule has 2 aliphatic carbocycles. The molecule has 0 aromatic heterocycles. The maximum absolute atomic E-state index is 11.3. The van der Waals surface area contributed by atoms with Crippen LogP contribution in [0.25, 0.3) is 0 Å². The van der Waals surface area contributed by atoms with E-state index in [1.54, 1.807) is 0 Å². The van der Waals surface area contributed by atoms with Crippen LogP contribution in [0, 0.1) is 17.8 Å². The van der Waals surface area contributed by atoms with Crippen molar-refractivity contribution in [3.63, 3.8) is 0 Å². The number of hydrogen-bond acceptors (Lipinski definition) is 2. The second-order valence-electron chi connectivity index (χ2n) is 4.06. The summed E-state index contributed by atoms with van der Waals surface area (Å²) in [7, 11) is 1.50. The molecule has 0 radical (unpaired) electrons. The minimum Gasteiger partial charge on any atom is -0.469 e. The summed E-state index contributed by atoms with van der Waals surface area (Å²) in [6, 6.07) is 0. The number of fused-ring (bicyclic) bond motifs is 1. The molecular formula is C10H16O2. The molecule has 0 bridgehead atoms. The van der Waals surface area contributed by atoms with Crippen LogP contribution in [0.4, 0.5) is 0 Å². The van der Waals surface area contributed by atoms with Gasteiger partial charge in [0.2, 0.25) is 0 Å². The number of rotatable bonds is 1. The van der Waals surface area contributed by atoms with Crippen molar-refractivity contribution in [3.05, 3.63) is 0 Å². The molecule has 0 saturated heterocycles. The molecule has 2 aliphatic rings. The predicted octanol–water partition coefficient (Wildman–Crippen LogP) is 1.99. The molecule has 2 fully saturated rings. The Morgan fingerprint density at radius 2 is 2.08 bits per heavy atom. The molecule has 3 atom stereocenters. The summed E-state index contributed by atoms with van der Waals surface area (Å²) in [4.78, 5) is 11.3. The summed E-state index contributed by atoms with van der Waals surface area (Å²) in [5.41, 5.74) is 0. The van der Waals surface area contributed by atoms with Crippen molar-refractivity contribution in [1.82, 2.24) is 0 Å². The third-order valence-electron chi connectivity index (χ3n) is 3.59. The molecule has 0 N–H and O–H groups in total. The maximum atomic E-state index is 11.3. The topological polar surface area (TPSA) is 26.3 Å². The zero-order chi connectivity index (χ0) is 8.55. The summed E-state index contributed by atoms with van der Waals surface area (Å²) >= 11 is 0. The average molecular weight is 168 g/mol. The second-order valence-corrected chi connectivity index (χ2v) is 4.06. The molecule has 2 nitrogen and oxygen atoms in total. The molecule has 0 aliphatic heterocycles. The monoisotopic (exact) mass is 168 g/mol. The van der Waals surface area contributed by atoms with Crippen molar-refractivity contribution in [1.29, 1.82) is 0 Å². The van der Waals surface area contributed by atoms with Crippen LogP contribution in [-0.2, 0) is 9.53 Å². The molecule has 68 valence electrons. The molecule has 0 heterocycles. The zero-order valence-electron chi connectivity index (χ0n) is 7.58. The van der Waals surface area contributed by atoms with Crippen LogP contribution in [0.15, 0.2) is 0 Å². The lowest BCUT2D eigenvalue weighted by molar-refractivity contribution is -0.146. The first-order valence-corrected chi connectivity index (χ1v) is 4.90. The quantitative estimate of drug-likeness (QED) is 0.560. The third kappa shape index (κ3) is 1.13. The SMILES string of the molecule is COC(=O)C1CC[C@H]2CCC[C@H]12. The number of carbonyl (C=O) groups is 1. The Bertz CT molecular complexity index is 188. The Hall–Kier alpha value is -0.530. The number of ether oxygens (including phenoxy) is 1. The van der Waals surface area contributed by atoms with Gasteiger partial charge in [0, 0.05) is 0 Å². The number of methoxy groups -OCH3 is 1. The Morgan fingerprint density at radius 1 is 1.25 bits per heavy atom. The highest BCUT2D eigenvalue weighted by Crippen LogP contribution is 2.47. The van der Waals surface area contributed by atoms with Crippen LogP contribution in [0.2, 0.25) is 0 Å². The molecule has 0 amide bonds. The van der Waals surface area contributed by atoms with Gasteiger partial charge in [-0.2, -0.15) is 0 Å². The van der Waals surface area contributed by atoms with E-state index in [4.69, 9.17) is 4.74 Å². The van der Waals surface area contributed by atoms with E-state index in [0.717, 1.165) is 12.3 Å². The summed E-state index contributed by atoms with van der Waals surface area (Å²) in [5, 5.41) is 0. The molecule has 2 saturated carbocycles. The van der Waals surface area contributed by atoms with Gasteiger partial charge in [0.1, 0.15) is 0 Å². The van der Waals surface area contributed by atoms with Crippen molar-refractivity contribution >= 4 is 5.97 Å². The van der Waals surface area contributed by atoms with E-state index in [-0.39, 0.29) is 11.9 Å². The van der Waals surface area contributed by atoms with Crippen molar-refractivity contribution in [3.8, 4) is 0 Å². The van der Waals surface area contributed by atoms with Gasteiger partial charge in [0.25, 0.3) is 0 Å². The number of carbonyl (C=O) groups excluding carboxylic acids is 1. The van der Waals surface area contributed by atoms with Crippen molar-refractivity contribution in [2.24, 2.45) is 17.8 Å². The van der Waals surface area contributed by atoms with Crippen LogP contribution < -0.4 is 0 Å². The molecule has 0 spiro atoms. The van der Waals surface area contributed by atoms with Gasteiger partial charge in [-0.1, -0.05) is 12.8 Å². The van der Waals surface area contributed by atoms with Gasteiger partial charge in [0.05, 0.1) is 13.0 Å². The number of hydrogen-bond donors (Lipinski definition) is 0. The second kappa shape index (κ2) is 3.08. The van der Waals surface area contributed by atoms with E-state index >= 15 is 0 Å². The van der Waals surface area contributed by atoms with Crippen LogP contribution in [-0.4, -0.2) is 13.1 Å². The van der Waals surface area contributed by atoms with Gasteiger partial charge in [-0.25, -0.2) is 0 Å². The van der Waals surface area contributed by atoms with E-state index in [1.807, 2.05) is 0 Å². The van der Waals surface area contributed by atoms with Crippen molar-refractivity contribution in [2.45, 2.75) is 32.1 Å². The van der Waals surface area contributed by atoms with Gasteiger partial charge >= 0.3 is 5.97 Å². The van der Waals surface area contributed by atoms with Crippen molar-refractivity contribution < 1.29 is 9.53 Å². The van der Waals surface area contributed by atoms with E-state index in [2.05, 4.69) is 0 Å². The molecule has 0 aromatic rings. The molecule has 2 rings (SSSR count). The van der Waals surface area contributed by atoms with Crippen LogP contribution in [0.3, 0.4) is 0 Å². The standard InChI is InChI=1S/C10H16O2/c1-12-10(11)9-6-5-7-3-2-4-8(7)9/h7-9H,2-6H2,1H3/t7-,8+,9?/m1/s1. The molecule has 12 heavy (non-hydrogen) atoms. The van der Waals surface area contributed by atoms with E-state index in [9.17, 15) is 4.79 Å². The highest BCUT2D eigenvalue weighted by molar-refractivity contribution is 5.73. The lowest BCUT2D eigenvalue weighted by Crippen LogP contribution is -2.20. The summed E-state index contributed by atoms with van der Waals surface area (Å²) in [6.07, 6.45) is 6.25. The lowest BCUT2D eigenvalue weighted by Gasteiger charge is -2.15. The van der Waals surface area contributed by atoms with Gasteiger partial charge in [-0.3, -0.25) is 4.79 Å². The van der Waals surface area contributed by atoms with E-state index in [0.29, 0.717) is 5.92 Å². The maximum Gasteiger partial charge on any atom is 0.308 e. The minimum atomic E-state index is 0.0319. The van der Waals surface area contributed by atoms with Crippen LogP contribution in [0.5, 0.6) is 0 Å². The number of esters is 1. The first-order chi connectivity index (χ1) is 5.83. The first kappa shape index (κ1) is 8.09. The highest BCUT2D eigenvalue weighted by Gasteiger charge is 2.42. The Kier molecular flexibility index (Phi) is 2.07. The minimum absolute atomic E-state index is 0.0319. The molecular weight excluding hydrogens is 152 g/mol. The summed E-state index contributed by atoms with van der Waals surface area (Å²) in [6.45, 7) is 0. The van der Waals surface area contributed by atoms with Gasteiger partial charge in [0.15, 0.2) is 0 Å². The fourth-order valence-electron chi connectivity index (χ4n) is 3.01. The van der Waals surface area contributed by atoms with Crippen LogP contribution in [0.1, 0.15) is 32.1 Å². The fourth-order valence-corrected chi connectivity index (χ4v) is 3.01. The molecule has 1 unspecified atom stereocenters. The predicted molar refractivity (Wildman–Crippen MR) is 45.6 cm³/mol. The summed E-state index contributed by atoms with van der Waals surface area (Å²) < 4.78 is 4.80. The smallest absolute Gasteiger partial charge is 0.308 e. The highest BCUT2D eigenvalue weighted by atomic mass is 16.5. The van der Waals surface area contributed by atoms with Crippen LogP contribution >= 0.6 is 0 Å². The Labute approximate surface area is 73.3 Å². The zero-order valence-corrected chi connectivity index (χ0v) is 7.58. The van der Waals surface area contributed by atoms with Crippen molar-refractivity contribution in [2.75, 3.05) is 7.11 Å². The molecule has 0 aromatic carbocycles. The van der Waals surface area contributed by atoms with Gasteiger partial charge < -0.3 is 4.74 Å². The van der Waals surface area contributed by atoms with E-state index < -0.39 is 0 Å². The fraction of sp³-hybridized carbons (Fsp3) is 0.900. The van der Waals surface area contributed by atoms with E-state index in [1.165, 1.54) is 32.8 Å². The lowest BCUT2D eigenvalue weighted by atomic mass is 9.92. The Morgan fingerprint density at radius 3 is 2.83 bits per heavy atom. The molecule has 2 heteroatoms. The largest absolute Gasteiger partial charge is 0.469 e. The average Bonchev–Trinajstić information content (AvgIpc) is 2.62. The van der Waals surface area contributed by atoms with Gasteiger partial charge in [-0.05, 0) is 31.1 Å². The first-order valence-electron chi connectivity index (χ1n) is 4.90.